The number of nitrogens with two attached hydrogens (primary N) is 1. The maximum absolute atomic E-state index is 13.8. The number of benzene rings is 1. The molecule has 1 aromatic rings. The van der Waals surface area contributed by atoms with Gasteiger partial charge in [-0.15, -0.1) is 0 Å². The van der Waals surface area contributed by atoms with Crippen molar-refractivity contribution in [3.8, 4) is 11.5 Å². The molecule has 0 bridgehead atoms. The molecular weight excluding hydrogens is 380 g/mol. The SMILES string of the molecule is [2H]C([2H])([2H])C([2H])(C([2H])([2H])[2H])[C@]([2H])(N)C(=O)OC1([2H])C([2H])([2H])C2([2H])c3cc(OC)c(OC)cc3C([2H])([2H])C([2H])([2H])N2C([2H])([2H])C1([2H])CC(C)C. The first-order valence-electron chi connectivity index (χ1n) is 18.6. The second-order valence-electron chi connectivity index (χ2n) is 6.99. The Kier molecular flexibility index (Phi) is 2.75. The highest BCUT2D eigenvalue weighted by molar-refractivity contribution is 5.76. The molecule has 6 heteroatoms. The van der Waals surface area contributed by atoms with Gasteiger partial charge in [0.25, 0.3) is 0 Å². The third-order valence-corrected chi connectivity index (χ3v) is 4.35. The van der Waals surface area contributed by atoms with Crippen LogP contribution in [0.1, 0.15) is 83.5 Å². The average molecular weight is 438 g/mol. The summed E-state index contributed by atoms with van der Waals surface area (Å²) in [7, 11) is 2.24. The van der Waals surface area contributed by atoms with E-state index in [0.717, 1.165) is 26.4 Å². The second-order valence-corrected chi connectivity index (χ2v) is 6.99. The molecular formula is C24H38N2O4. The minimum absolute atomic E-state index is 0.201. The highest BCUT2D eigenvalue weighted by Crippen LogP contribution is 2.44. The molecule has 2 aliphatic heterocycles. The van der Waals surface area contributed by atoms with Crippen LogP contribution in [0.15, 0.2) is 12.1 Å². The molecule has 1 aromatic carbocycles. The number of esters is 1. The zero-order chi connectivity index (χ0) is 38.8. The zero-order valence-corrected chi connectivity index (χ0v) is 17.1. The highest BCUT2D eigenvalue weighted by Gasteiger charge is 2.41. The van der Waals surface area contributed by atoms with Crippen LogP contribution in [0, 0.1) is 17.7 Å². The van der Waals surface area contributed by atoms with E-state index in [1.165, 1.54) is 13.8 Å². The number of ether oxygens (including phenoxy) is 3. The minimum Gasteiger partial charge on any atom is -0.493 e. The third-order valence-electron chi connectivity index (χ3n) is 4.35. The number of piperidine rings is 1. The van der Waals surface area contributed by atoms with Gasteiger partial charge in [0.05, 0.1) is 18.3 Å². The van der Waals surface area contributed by atoms with Crippen LogP contribution < -0.4 is 15.2 Å². The Hall–Kier alpha value is -1.79. The minimum atomic E-state index is -4.22. The van der Waals surface area contributed by atoms with E-state index >= 15 is 0 Å². The summed E-state index contributed by atoms with van der Waals surface area (Å²) in [5.41, 5.74) is 4.01. The third kappa shape index (κ3) is 4.75. The summed E-state index contributed by atoms with van der Waals surface area (Å²) < 4.78 is 179. The fraction of sp³-hybridized carbons (Fsp3) is 0.708. The van der Waals surface area contributed by atoms with Gasteiger partial charge in [0, 0.05) is 53.2 Å². The highest BCUT2D eigenvalue weighted by atomic mass is 16.5. The van der Waals surface area contributed by atoms with Crippen molar-refractivity contribution in [1.82, 2.24) is 4.90 Å². The number of methoxy groups -OCH3 is 2. The van der Waals surface area contributed by atoms with E-state index in [1.807, 2.05) is 0 Å². The standard InChI is InChI=1S/C24H38N2O4/c1-14(2)9-17-13-26-8-7-16-10-21(28-5)22(29-6)11-18(16)19(26)12-20(17)30-24(27)23(25)15(3)4/h10-11,14-15,17,19-20,23H,7-9,12-13,25H2,1-6H3/t17?,19?,20?,23-/m0/s1/i3D3,4D3,7D2,8D2,12D2,13D2,15D,17D,19D,20D,23D. The van der Waals surface area contributed by atoms with Crippen LogP contribution in [0.25, 0.3) is 0 Å². The number of nitrogens with zero attached hydrogens (tertiary/aromatic N) is 1. The van der Waals surface area contributed by atoms with Gasteiger partial charge in [-0.3, -0.25) is 9.69 Å². The summed E-state index contributed by atoms with van der Waals surface area (Å²) in [6.45, 7) is -12.9. The Bertz CT molecular complexity index is 1480. The van der Waals surface area contributed by atoms with Gasteiger partial charge in [-0.05, 0) is 47.9 Å². The Morgan fingerprint density at radius 1 is 1.37 bits per heavy atom. The van der Waals surface area contributed by atoms with Crippen molar-refractivity contribution in [2.45, 2.75) is 64.8 Å². The smallest absolute Gasteiger partial charge is 0.323 e. The van der Waals surface area contributed by atoms with Crippen molar-refractivity contribution >= 4 is 5.97 Å². The van der Waals surface area contributed by atoms with Gasteiger partial charge >= 0.3 is 5.97 Å². The van der Waals surface area contributed by atoms with Crippen LogP contribution in [0.2, 0.25) is 0 Å². The summed E-state index contributed by atoms with van der Waals surface area (Å²) in [5.74, 6) is -11.8. The van der Waals surface area contributed by atoms with E-state index in [-0.39, 0.29) is 16.4 Å². The van der Waals surface area contributed by atoms with E-state index in [1.54, 1.807) is 0 Å². The lowest BCUT2D eigenvalue weighted by atomic mass is 9.79. The molecule has 0 aliphatic carbocycles. The van der Waals surface area contributed by atoms with Gasteiger partial charge in [-0.1, -0.05) is 27.6 Å². The molecule has 2 aliphatic rings. The largest absolute Gasteiger partial charge is 0.493 e. The predicted molar refractivity (Wildman–Crippen MR) is 118 cm³/mol. The number of fused-ring (bicyclic) bond motifs is 3. The number of rotatable bonds is 7. The monoisotopic (exact) mass is 437 g/mol. The Balaban J connectivity index is 2.57. The van der Waals surface area contributed by atoms with Crippen molar-refractivity contribution in [1.29, 1.82) is 0 Å². The van der Waals surface area contributed by atoms with Crippen LogP contribution in [0.5, 0.6) is 11.5 Å². The van der Waals surface area contributed by atoms with E-state index in [9.17, 15) is 14.4 Å². The van der Waals surface area contributed by atoms with Gasteiger partial charge in [0.2, 0.25) is 0 Å². The first kappa shape index (κ1) is 8.62. The van der Waals surface area contributed by atoms with Crippen molar-refractivity contribution in [2.75, 3.05) is 27.2 Å². The number of aryl methyl sites for hydroxylation is 1. The lowest BCUT2D eigenvalue weighted by Gasteiger charge is -2.47. The number of hydrogen-bond acceptors (Lipinski definition) is 6. The van der Waals surface area contributed by atoms with Crippen LogP contribution in [0.4, 0.5) is 0 Å². The topological polar surface area (TPSA) is 74.0 Å². The van der Waals surface area contributed by atoms with Crippen molar-refractivity contribution < 1.29 is 45.0 Å². The molecule has 3 unspecified atom stereocenters. The van der Waals surface area contributed by atoms with Gasteiger partial charge in [0.15, 0.2) is 11.5 Å². The van der Waals surface area contributed by atoms with Crippen LogP contribution in [-0.4, -0.2) is 50.2 Å². The second kappa shape index (κ2) is 9.56. The fourth-order valence-electron chi connectivity index (χ4n) is 2.93. The summed E-state index contributed by atoms with van der Waals surface area (Å²) >= 11 is 0. The van der Waals surface area contributed by atoms with E-state index < -0.39 is 98.8 Å². The van der Waals surface area contributed by atoms with Crippen molar-refractivity contribution in [3.05, 3.63) is 23.3 Å². The van der Waals surface area contributed by atoms with Crippen molar-refractivity contribution in [3.63, 3.8) is 0 Å². The molecule has 0 saturated carbocycles. The maximum Gasteiger partial charge on any atom is 0.323 e. The summed E-state index contributed by atoms with van der Waals surface area (Å²) in [4.78, 5) is 13.6. The molecule has 0 spiro atoms. The van der Waals surface area contributed by atoms with Crippen molar-refractivity contribution in [2.24, 2.45) is 23.4 Å². The summed E-state index contributed by atoms with van der Waals surface area (Å²) in [6, 6.07) is -6.17. The first-order valence-corrected chi connectivity index (χ1v) is 9.12. The Morgan fingerprint density at radius 2 is 2.07 bits per heavy atom. The lowest BCUT2D eigenvalue weighted by molar-refractivity contribution is -0.160. The Labute approximate surface area is 207 Å². The van der Waals surface area contributed by atoms with Gasteiger partial charge in [-0.2, -0.15) is 0 Å². The number of carbonyl (C=O) groups excluding carboxylic acids is 1. The van der Waals surface area contributed by atoms with Gasteiger partial charge in [-0.25, -0.2) is 0 Å². The number of hydrogen-bond donors (Lipinski definition) is 1. The summed E-state index contributed by atoms with van der Waals surface area (Å²) in [6.07, 6.45) is -12.5. The molecule has 168 valence electrons. The van der Waals surface area contributed by atoms with Crippen LogP contribution in [0.3, 0.4) is 0 Å². The molecule has 1 fully saturated rings. The first-order chi connectivity index (χ1) is 21.5. The van der Waals surface area contributed by atoms with Gasteiger partial charge < -0.3 is 19.9 Å². The molecule has 6 nitrogen and oxygen atoms in total. The molecule has 30 heavy (non-hydrogen) atoms. The quantitative estimate of drug-likeness (QED) is 0.658. The average Bonchev–Trinajstić information content (AvgIpc) is 2.91. The molecule has 0 amide bonds. The van der Waals surface area contributed by atoms with E-state index in [4.69, 9.17) is 36.4 Å². The molecule has 2 N–H and O–H groups in total. The van der Waals surface area contributed by atoms with Gasteiger partial charge in [0.1, 0.15) is 12.1 Å². The summed E-state index contributed by atoms with van der Waals surface area (Å²) in [5, 5.41) is 0. The predicted octanol–water partition coefficient (Wildman–Crippen LogP) is 3.56. The zero-order valence-electron chi connectivity index (χ0n) is 36.1. The maximum atomic E-state index is 13.8. The van der Waals surface area contributed by atoms with Crippen LogP contribution in [-0.2, 0) is 15.9 Å². The molecule has 3 rings (SSSR count). The van der Waals surface area contributed by atoms with E-state index in [2.05, 4.69) is 0 Å². The van der Waals surface area contributed by atoms with E-state index in [0.29, 0.717) is 0 Å². The molecule has 0 aromatic heterocycles. The number of carbonyl (C=O) groups is 1. The van der Waals surface area contributed by atoms with Crippen LogP contribution >= 0.6 is 0 Å². The molecule has 2 heterocycles. The molecule has 1 saturated heterocycles. The molecule has 4 atom stereocenters. The fourth-order valence-corrected chi connectivity index (χ4v) is 2.93. The Morgan fingerprint density at radius 3 is 2.70 bits per heavy atom. The normalized spacial score (nSPS) is 50.5. The lowest BCUT2D eigenvalue weighted by Crippen LogP contribution is -2.51. The molecule has 0 radical (unpaired) electrons.